The number of thiophene rings is 1. The lowest BCUT2D eigenvalue weighted by molar-refractivity contribution is 0.669. The Morgan fingerprint density at radius 3 is 1.76 bits per heavy atom. The molecule has 0 radical (unpaired) electrons. The minimum absolute atomic E-state index is 0.906. The third kappa shape index (κ3) is 4.70. The van der Waals surface area contributed by atoms with E-state index in [9.17, 15) is 0 Å². The van der Waals surface area contributed by atoms with Crippen LogP contribution in [0, 0.1) is 0 Å². The Morgan fingerprint density at radius 2 is 0.980 bits per heavy atom. The van der Waals surface area contributed by atoms with Gasteiger partial charge < -0.3 is 9.32 Å². The normalized spacial score (nSPS) is 11.7. The van der Waals surface area contributed by atoms with Gasteiger partial charge in [0.05, 0.1) is 10.4 Å². The Kier molecular flexibility index (Phi) is 6.39. The molecule has 0 N–H and O–H groups in total. The van der Waals surface area contributed by atoms with Gasteiger partial charge in [0, 0.05) is 37.6 Å². The van der Waals surface area contributed by atoms with E-state index in [2.05, 4.69) is 181 Å². The van der Waals surface area contributed by atoms with E-state index >= 15 is 0 Å². The van der Waals surface area contributed by atoms with Crippen LogP contribution in [0.1, 0.15) is 0 Å². The second-order valence-electron chi connectivity index (χ2n) is 12.6. The summed E-state index contributed by atoms with van der Waals surface area (Å²) in [5.74, 6) is 0. The Balaban J connectivity index is 1.08. The molecule has 2 heterocycles. The van der Waals surface area contributed by atoms with Crippen molar-refractivity contribution in [2.24, 2.45) is 0 Å². The van der Waals surface area contributed by atoms with Gasteiger partial charge in [-0.1, -0.05) is 115 Å². The number of nitrogens with zero attached hydrogens (tertiary/aromatic N) is 1. The van der Waals surface area contributed by atoms with Gasteiger partial charge in [-0.2, -0.15) is 0 Å². The third-order valence-corrected chi connectivity index (χ3v) is 10.9. The summed E-state index contributed by atoms with van der Waals surface area (Å²) in [4.78, 5) is 2.39. The fraction of sp³-hybridized carbons (Fsp3) is 0. The number of rotatable bonds is 5. The predicted molar refractivity (Wildman–Crippen MR) is 210 cm³/mol. The maximum atomic E-state index is 6.40. The fourth-order valence-corrected chi connectivity index (χ4v) is 8.42. The minimum atomic E-state index is 0.906. The molecule has 0 unspecified atom stereocenters. The summed E-state index contributed by atoms with van der Waals surface area (Å²) in [6, 6.07) is 63.2. The topological polar surface area (TPSA) is 16.4 Å². The lowest BCUT2D eigenvalue weighted by atomic mass is 10.0. The quantitative estimate of drug-likeness (QED) is 0.186. The van der Waals surface area contributed by atoms with Gasteiger partial charge in [0.1, 0.15) is 11.2 Å². The van der Waals surface area contributed by atoms with Crippen LogP contribution in [0.25, 0.3) is 75.1 Å². The molecule has 0 bridgehead atoms. The summed E-state index contributed by atoms with van der Waals surface area (Å²) in [6.07, 6.45) is 0. The summed E-state index contributed by atoms with van der Waals surface area (Å²) in [5, 5.41) is 7.29. The van der Waals surface area contributed by atoms with Crippen molar-refractivity contribution in [2.75, 3.05) is 4.90 Å². The third-order valence-electron chi connectivity index (χ3n) is 9.66. The molecular weight excluding hydrogens is 615 g/mol. The lowest BCUT2D eigenvalue weighted by Crippen LogP contribution is -2.10. The fourth-order valence-electron chi connectivity index (χ4n) is 7.21. The molecule has 2 aromatic heterocycles. The van der Waals surface area contributed by atoms with Crippen LogP contribution in [0.3, 0.4) is 0 Å². The average molecular weight is 644 g/mol. The monoisotopic (exact) mass is 643 g/mol. The molecule has 2 nitrogen and oxygen atoms in total. The molecule has 0 atom stereocenters. The van der Waals surface area contributed by atoms with Crippen molar-refractivity contribution in [3.05, 3.63) is 176 Å². The minimum Gasteiger partial charge on any atom is -0.456 e. The first-order valence-electron chi connectivity index (χ1n) is 16.6. The standard InChI is InChI=1S/C46H29NOS/c1-2-9-30(10-3-1)31-17-22-36(23-18-31)47(42-15-8-14-40-39-13-6-7-16-45(39)49-46(40)42)37-24-19-32(20-25-37)35-21-26-38-41-27-33-11-4-5-12-34(33)28-44(41)48-43(38)29-35/h1-29H. The van der Waals surface area contributed by atoms with Gasteiger partial charge in [-0.3, -0.25) is 0 Å². The summed E-state index contributed by atoms with van der Waals surface area (Å²) in [6.45, 7) is 0. The molecule has 8 aromatic carbocycles. The molecule has 10 aromatic rings. The molecule has 0 saturated carbocycles. The molecule has 49 heavy (non-hydrogen) atoms. The molecule has 0 spiro atoms. The second kappa shape index (κ2) is 11.2. The Bertz CT molecular complexity index is 2810. The Morgan fingerprint density at radius 1 is 0.388 bits per heavy atom. The van der Waals surface area contributed by atoms with Gasteiger partial charge >= 0.3 is 0 Å². The van der Waals surface area contributed by atoms with Crippen LogP contribution in [-0.4, -0.2) is 0 Å². The molecule has 230 valence electrons. The van der Waals surface area contributed by atoms with Gasteiger partial charge in [-0.25, -0.2) is 0 Å². The van der Waals surface area contributed by atoms with E-state index in [4.69, 9.17) is 4.42 Å². The average Bonchev–Trinajstić information content (AvgIpc) is 3.73. The van der Waals surface area contributed by atoms with E-state index in [1.165, 1.54) is 47.8 Å². The lowest BCUT2D eigenvalue weighted by Gasteiger charge is -2.26. The second-order valence-corrected chi connectivity index (χ2v) is 13.6. The van der Waals surface area contributed by atoms with Crippen molar-refractivity contribution < 1.29 is 4.42 Å². The Labute approximate surface area is 287 Å². The van der Waals surface area contributed by atoms with Gasteiger partial charge in [0.25, 0.3) is 0 Å². The van der Waals surface area contributed by atoms with Crippen LogP contribution in [0.4, 0.5) is 17.1 Å². The molecule has 0 aliphatic heterocycles. The van der Waals surface area contributed by atoms with Crippen LogP contribution >= 0.6 is 11.3 Å². The molecule has 3 heteroatoms. The molecule has 0 aliphatic rings. The highest BCUT2D eigenvalue weighted by molar-refractivity contribution is 7.26. The first kappa shape index (κ1) is 27.9. The highest BCUT2D eigenvalue weighted by Crippen LogP contribution is 2.45. The number of hydrogen-bond donors (Lipinski definition) is 0. The van der Waals surface area contributed by atoms with Crippen LogP contribution in [0.2, 0.25) is 0 Å². The molecule has 0 fully saturated rings. The van der Waals surface area contributed by atoms with Gasteiger partial charge in [-0.05, 0) is 93.7 Å². The first-order chi connectivity index (χ1) is 24.3. The van der Waals surface area contributed by atoms with Gasteiger partial charge in [0.2, 0.25) is 0 Å². The van der Waals surface area contributed by atoms with Crippen LogP contribution in [0.5, 0.6) is 0 Å². The molecule has 0 saturated heterocycles. The van der Waals surface area contributed by atoms with Crippen molar-refractivity contribution in [1.82, 2.24) is 0 Å². The maximum Gasteiger partial charge on any atom is 0.136 e. The SMILES string of the molecule is c1ccc(-c2ccc(N(c3ccc(-c4ccc5c(c4)oc4cc6ccccc6cc45)cc3)c3cccc4c3sc3ccccc34)cc2)cc1. The molecule has 0 amide bonds. The summed E-state index contributed by atoms with van der Waals surface area (Å²) in [5.41, 5.74) is 9.93. The summed E-state index contributed by atoms with van der Waals surface area (Å²) in [7, 11) is 0. The summed E-state index contributed by atoms with van der Waals surface area (Å²) >= 11 is 1.86. The largest absolute Gasteiger partial charge is 0.456 e. The zero-order valence-corrected chi connectivity index (χ0v) is 27.3. The first-order valence-corrected chi connectivity index (χ1v) is 17.4. The van der Waals surface area contributed by atoms with Crippen LogP contribution in [0.15, 0.2) is 180 Å². The van der Waals surface area contributed by atoms with Crippen molar-refractivity contribution in [1.29, 1.82) is 0 Å². The van der Waals surface area contributed by atoms with E-state index in [0.717, 1.165) is 44.4 Å². The van der Waals surface area contributed by atoms with Gasteiger partial charge in [0.15, 0.2) is 0 Å². The number of fused-ring (bicyclic) bond motifs is 7. The number of furan rings is 1. The molecule has 0 aliphatic carbocycles. The van der Waals surface area contributed by atoms with Crippen molar-refractivity contribution >= 4 is 81.3 Å². The smallest absolute Gasteiger partial charge is 0.136 e. The van der Waals surface area contributed by atoms with Crippen molar-refractivity contribution in [3.63, 3.8) is 0 Å². The van der Waals surface area contributed by atoms with Crippen LogP contribution < -0.4 is 4.90 Å². The van der Waals surface area contributed by atoms with E-state index in [1.54, 1.807) is 0 Å². The van der Waals surface area contributed by atoms with Crippen LogP contribution in [-0.2, 0) is 0 Å². The highest BCUT2D eigenvalue weighted by atomic mass is 32.1. The predicted octanol–water partition coefficient (Wildman–Crippen LogP) is 13.9. The summed E-state index contributed by atoms with van der Waals surface area (Å²) < 4.78 is 8.98. The van der Waals surface area contributed by atoms with Crippen molar-refractivity contribution in [2.45, 2.75) is 0 Å². The maximum absolute atomic E-state index is 6.40. The van der Waals surface area contributed by atoms with Crippen molar-refractivity contribution in [3.8, 4) is 22.3 Å². The van der Waals surface area contributed by atoms with E-state index < -0.39 is 0 Å². The zero-order chi connectivity index (χ0) is 32.3. The van der Waals surface area contributed by atoms with E-state index in [1.807, 2.05) is 11.3 Å². The number of hydrogen-bond acceptors (Lipinski definition) is 3. The zero-order valence-electron chi connectivity index (χ0n) is 26.5. The Hall–Kier alpha value is -6.16. The molecular formula is C46H29NOS. The van der Waals surface area contributed by atoms with E-state index in [0.29, 0.717) is 0 Å². The number of anilines is 3. The number of benzene rings is 8. The molecule has 10 rings (SSSR count). The highest BCUT2D eigenvalue weighted by Gasteiger charge is 2.18. The van der Waals surface area contributed by atoms with Gasteiger partial charge in [-0.15, -0.1) is 11.3 Å². The van der Waals surface area contributed by atoms with E-state index in [-0.39, 0.29) is 0 Å².